The van der Waals surface area contributed by atoms with E-state index in [1.165, 1.54) is 5.56 Å². The van der Waals surface area contributed by atoms with Crippen molar-refractivity contribution in [2.45, 2.75) is 25.7 Å². The molecule has 1 aliphatic heterocycles. The first-order chi connectivity index (χ1) is 11.2. The average Bonchev–Trinajstić information content (AvgIpc) is 2.58. The minimum Gasteiger partial charge on any atom is -0.399 e. The van der Waals surface area contributed by atoms with Gasteiger partial charge in [-0.15, -0.1) is 12.4 Å². The molecule has 1 heterocycles. The predicted molar refractivity (Wildman–Crippen MR) is 101 cm³/mol. The van der Waals surface area contributed by atoms with Gasteiger partial charge in [-0.2, -0.15) is 0 Å². The molecule has 4 heteroatoms. The van der Waals surface area contributed by atoms with Crippen LogP contribution in [0.2, 0.25) is 0 Å². The molecule has 3 rings (SSSR count). The summed E-state index contributed by atoms with van der Waals surface area (Å²) in [5, 5.41) is 0. The zero-order valence-corrected chi connectivity index (χ0v) is 14.7. The van der Waals surface area contributed by atoms with Crippen molar-refractivity contribution in [1.82, 2.24) is 4.90 Å². The summed E-state index contributed by atoms with van der Waals surface area (Å²) in [6.07, 6.45) is 3.80. The third kappa shape index (κ3) is 5.00. The summed E-state index contributed by atoms with van der Waals surface area (Å²) in [6, 6.07) is 18.2. The number of amides is 1. The lowest BCUT2D eigenvalue weighted by Crippen LogP contribution is -2.39. The fraction of sp³-hybridized carbons (Fsp3) is 0.350. The molecule has 0 aliphatic carbocycles. The Balaban J connectivity index is 0.00000208. The van der Waals surface area contributed by atoms with Gasteiger partial charge in [0.2, 0.25) is 5.91 Å². The number of nitrogens with zero attached hydrogens (tertiary/aromatic N) is 1. The number of nitrogens with two attached hydrogens (primary N) is 1. The summed E-state index contributed by atoms with van der Waals surface area (Å²) in [4.78, 5) is 14.4. The summed E-state index contributed by atoms with van der Waals surface area (Å²) in [7, 11) is 0. The van der Waals surface area contributed by atoms with E-state index in [1.807, 2.05) is 29.2 Å². The Morgan fingerprint density at radius 2 is 1.58 bits per heavy atom. The third-order valence-electron chi connectivity index (χ3n) is 4.67. The van der Waals surface area contributed by atoms with E-state index >= 15 is 0 Å². The van der Waals surface area contributed by atoms with E-state index in [-0.39, 0.29) is 18.3 Å². The Bertz CT molecular complexity index is 634. The molecule has 2 N–H and O–H groups in total. The first kappa shape index (κ1) is 18.3. The van der Waals surface area contributed by atoms with Crippen LogP contribution in [0.4, 0.5) is 5.69 Å². The molecule has 0 aromatic heterocycles. The van der Waals surface area contributed by atoms with E-state index in [1.54, 1.807) is 0 Å². The smallest absolute Gasteiger partial charge is 0.226 e. The summed E-state index contributed by atoms with van der Waals surface area (Å²) in [5.74, 6) is 0.922. The van der Waals surface area contributed by atoms with E-state index in [0.29, 0.717) is 12.3 Å². The highest BCUT2D eigenvalue weighted by Crippen LogP contribution is 2.22. The Kier molecular flexibility index (Phi) is 6.68. The van der Waals surface area contributed by atoms with Gasteiger partial charge in [0.05, 0.1) is 6.42 Å². The van der Waals surface area contributed by atoms with Gasteiger partial charge in [-0.1, -0.05) is 42.5 Å². The molecule has 0 radical (unpaired) electrons. The van der Waals surface area contributed by atoms with Gasteiger partial charge in [0.15, 0.2) is 0 Å². The van der Waals surface area contributed by atoms with Crippen molar-refractivity contribution in [3.05, 3.63) is 65.7 Å². The molecule has 3 nitrogen and oxygen atoms in total. The van der Waals surface area contributed by atoms with Crippen LogP contribution in [0.25, 0.3) is 0 Å². The van der Waals surface area contributed by atoms with E-state index in [4.69, 9.17) is 5.73 Å². The fourth-order valence-corrected chi connectivity index (χ4v) is 3.26. The number of halogens is 1. The maximum absolute atomic E-state index is 12.4. The molecule has 0 spiro atoms. The van der Waals surface area contributed by atoms with Crippen molar-refractivity contribution in [2.24, 2.45) is 5.92 Å². The topological polar surface area (TPSA) is 46.3 Å². The fourth-order valence-electron chi connectivity index (χ4n) is 3.26. The molecular formula is C20H25ClN2O. The Labute approximate surface area is 150 Å². The highest BCUT2D eigenvalue weighted by atomic mass is 35.5. The van der Waals surface area contributed by atoms with Gasteiger partial charge in [0.25, 0.3) is 0 Å². The number of carbonyl (C=O) groups is 1. The standard InChI is InChI=1S/C20H24N2O.ClH/c21-19-8-6-17(7-9-19)15-20(23)22-12-10-18(11-13-22)14-16-4-2-1-3-5-16;/h1-9,18H,10-15,21H2;1H. The monoisotopic (exact) mass is 344 g/mol. The molecule has 1 fully saturated rings. The van der Waals surface area contributed by atoms with Gasteiger partial charge < -0.3 is 10.6 Å². The lowest BCUT2D eigenvalue weighted by atomic mass is 9.90. The van der Waals surface area contributed by atoms with Crippen molar-refractivity contribution in [1.29, 1.82) is 0 Å². The van der Waals surface area contributed by atoms with Crippen molar-refractivity contribution in [2.75, 3.05) is 18.8 Å². The lowest BCUT2D eigenvalue weighted by molar-refractivity contribution is -0.131. The van der Waals surface area contributed by atoms with Crippen LogP contribution >= 0.6 is 12.4 Å². The number of anilines is 1. The van der Waals surface area contributed by atoms with Crippen molar-refractivity contribution < 1.29 is 4.79 Å². The quantitative estimate of drug-likeness (QED) is 0.859. The first-order valence-electron chi connectivity index (χ1n) is 8.37. The summed E-state index contributed by atoms with van der Waals surface area (Å²) >= 11 is 0. The van der Waals surface area contributed by atoms with Crippen LogP contribution in [-0.4, -0.2) is 23.9 Å². The van der Waals surface area contributed by atoms with Crippen molar-refractivity contribution in [3.63, 3.8) is 0 Å². The van der Waals surface area contributed by atoms with E-state index in [0.717, 1.165) is 43.6 Å². The Morgan fingerprint density at radius 3 is 2.21 bits per heavy atom. The number of benzene rings is 2. The Hall–Kier alpha value is -2.00. The van der Waals surface area contributed by atoms with Gasteiger partial charge in [-0.05, 0) is 48.4 Å². The number of hydrogen-bond acceptors (Lipinski definition) is 2. The van der Waals surface area contributed by atoms with Crippen LogP contribution in [0.3, 0.4) is 0 Å². The van der Waals surface area contributed by atoms with E-state index in [9.17, 15) is 4.79 Å². The molecule has 24 heavy (non-hydrogen) atoms. The molecule has 1 amide bonds. The maximum Gasteiger partial charge on any atom is 0.226 e. The van der Waals surface area contributed by atoms with Crippen molar-refractivity contribution in [3.8, 4) is 0 Å². The molecule has 1 saturated heterocycles. The largest absolute Gasteiger partial charge is 0.399 e. The molecule has 1 aliphatic rings. The second-order valence-corrected chi connectivity index (χ2v) is 6.43. The van der Waals surface area contributed by atoms with Crippen LogP contribution in [0.1, 0.15) is 24.0 Å². The van der Waals surface area contributed by atoms with Crippen LogP contribution in [0.5, 0.6) is 0 Å². The molecule has 2 aromatic rings. The number of carbonyl (C=O) groups excluding carboxylic acids is 1. The van der Waals surface area contributed by atoms with E-state index < -0.39 is 0 Å². The molecule has 2 aromatic carbocycles. The third-order valence-corrected chi connectivity index (χ3v) is 4.67. The molecule has 0 saturated carbocycles. The number of likely N-dealkylation sites (tertiary alicyclic amines) is 1. The maximum atomic E-state index is 12.4. The van der Waals surface area contributed by atoms with Crippen LogP contribution < -0.4 is 5.73 Å². The summed E-state index contributed by atoms with van der Waals surface area (Å²) in [6.45, 7) is 1.76. The second kappa shape index (κ2) is 8.74. The first-order valence-corrected chi connectivity index (χ1v) is 8.37. The number of hydrogen-bond donors (Lipinski definition) is 1. The highest BCUT2D eigenvalue weighted by Gasteiger charge is 2.22. The lowest BCUT2D eigenvalue weighted by Gasteiger charge is -2.32. The normalized spacial score (nSPS) is 14.9. The molecule has 128 valence electrons. The Morgan fingerprint density at radius 1 is 0.958 bits per heavy atom. The molecule has 0 atom stereocenters. The van der Waals surface area contributed by atoms with E-state index in [2.05, 4.69) is 30.3 Å². The number of nitrogen functional groups attached to an aromatic ring is 1. The van der Waals surface area contributed by atoms with Gasteiger partial charge in [0.1, 0.15) is 0 Å². The van der Waals surface area contributed by atoms with Crippen LogP contribution in [0.15, 0.2) is 54.6 Å². The summed E-state index contributed by atoms with van der Waals surface area (Å²) < 4.78 is 0. The SMILES string of the molecule is Cl.Nc1ccc(CC(=O)N2CCC(Cc3ccccc3)CC2)cc1. The molecule has 0 unspecified atom stereocenters. The minimum absolute atomic E-state index is 0. The molecular weight excluding hydrogens is 320 g/mol. The second-order valence-electron chi connectivity index (χ2n) is 6.43. The van der Waals surface area contributed by atoms with Gasteiger partial charge in [0, 0.05) is 18.8 Å². The van der Waals surface area contributed by atoms with Gasteiger partial charge >= 0.3 is 0 Å². The van der Waals surface area contributed by atoms with Gasteiger partial charge in [-0.3, -0.25) is 4.79 Å². The van der Waals surface area contributed by atoms with Crippen molar-refractivity contribution >= 4 is 24.0 Å². The zero-order chi connectivity index (χ0) is 16.1. The van der Waals surface area contributed by atoms with Crippen LogP contribution in [0, 0.1) is 5.92 Å². The predicted octanol–water partition coefficient (Wildman–Crippen LogP) is 3.71. The minimum atomic E-state index is 0. The highest BCUT2D eigenvalue weighted by molar-refractivity contribution is 5.85. The number of piperidine rings is 1. The molecule has 0 bridgehead atoms. The van der Waals surface area contributed by atoms with Crippen LogP contribution in [-0.2, 0) is 17.6 Å². The average molecular weight is 345 g/mol. The summed E-state index contributed by atoms with van der Waals surface area (Å²) in [5.41, 5.74) is 8.86. The number of rotatable bonds is 4. The zero-order valence-electron chi connectivity index (χ0n) is 13.9. The van der Waals surface area contributed by atoms with Gasteiger partial charge in [-0.25, -0.2) is 0 Å².